The summed E-state index contributed by atoms with van der Waals surface area (Å²) in [6.45, 7) is 2.44. The number of hydrogen-bond acceptors (Lipinski definition) is 4. The number of fused-ring (bicyclic) bond motifs is 1. The molecule has 1 aromatic heterocycles. The summed E-state index contributed by atoms with van der Waals surface area (Å²) in [4.78, 5) is 18.6. The van der Waals surface area contributed by atoms with Crippen molar-refractivity contribution >= 4 is 34.6 Å². The molecule has 4 nitrogen and oxygen atoms in total. The fourth-order valence-corrected chi connectivity index (χ4v) is 3.59. The van der Waals surface area contributed by atoms with E-state index in [1.807, 2.05) is 66.9 Å². The Bertz CT molecular complexity index is 989. The summed E-state index contributed by atoms with van der Waals surface area (Å²) >= 11 is 1.62. The zero-order chi connectivity index (χ0) is 18.1. The van der Waals surface area contributed by atoms with E-state index in [0.29, 0.717) is 6.61 Å². The molecule has 0 radical (unpaired) electrons. The summed E-state index contributed by atoms with van der Waals surface area (Å²) in [5.74, 6) is 0.804. The van der Waals surface area contributed by atoms with Crippen LogP contribution >= 0.6 is 11.3 Å². The average Bonchev–Trinajstić information content (AvgIpc) is 3.18. The third-order valence-electron chi connectivity index (χ3n) is 4.34. The molecule has 1 amide bonds. The summed E-state index contributed by atoms with van der Waals surface area (Å²) in [6, 6.07) is 15.6. The van der Waals surface area contributed by atoms with Crippen molar-refractivity contribution in [2.75, 3.05) is 11.9 Å². The van der Waals surface area contributed by atoms with E-state index in [1.54, 1.807) is 23.3 Å². The molecule has 0 saturated carbocycles. The monoisotopic (exact) mass is 362 g/mol. The molecular weight excluding hydrogens is 344 g/mol. The van der Waals surface area contributed by atoms with Crippen LogP contribution in [0.5, 0.6) is 5.75 Å². The van der Waals surface area contributed by atoms with Crippen LogP contribution in [0, 0.1) is 6.92 Å². The van der Waals surface area contributed by atoms with E-state index >= 15 is 0 Å². The minimum atomic E-state index is 0.0189. The summed E-state index contributed by atoms with van der Waals surface area (Å²) in [5, 5.41) is 3.05. The smallest absolute Gasteiger partial charge is 0.258 e. The maximum absolute atomic E-state index is 12.5. The molecule has 0 bridgehead atoms. The molecule has 5 heteroatoms. The number of thiazole rings is 1. The Morgan fingerprint density at radius 2 is 1.92 bits per heavy atom. The van der Waals surface area contributed by atoms with Crippen LogP contribution < -0.4 is 9.64 Å². The molecule has 0 fully saturated rings. The predicted molar refractivity (Wildman–Crippen MR) is 105 cm³/mol. The van der Waals surface area contributed by atoms with Gasteiger partial charge < -0.3 is 9.64 Å². The number of nitrogens with zero attached hydrogens (tertiary/aromatic N) is 2. The van der Waals surface area contributed by atoms with Gasteiger partial charge in [-0.2, -0.15) is 0 Å². The number of amides is 1. The lowest BCUT2D eigenvalue weighted by atomic mass is 10.0. The van der Waals surface area contributed by atoms with Gasteiger partial charge >= 0.3 is 0 Å². The summed E-state index contributed by atoms with van der Waals surface area (Å²) in [5.41, 5.74) is 4.54. The van der Waals surface area contributed by atoms with Crippen LogP contribution in [0.4, 0.5) is 5.69 Å². The Balaban J connectivity index is 1.52. The van der Waals surface area contributed by atoms with E-state index < -0.39 is 0 Å². The second-order valence-corrected chi connectivity index (χ2v) is 7.22. The highest BCUT2D eigenvalue weighted by atomic mass is 32.1. The fraction of sp³-hybridized carbons (Fsp3) is 0.143. The van der Waals surface area contributed by atoms with Crippen molar-refractivity contribution in [1.29, 1.82) is 0 Å². The normalized spacial score (nSPS) is 14.8. The minimum absolute atomic E-state index is 0.0189. The van der Waals surface area contributed by atoms with Gasteiger partial charge in [0.05, 0.1) is 16.4 Å². The van der Waals surface area contributed by atoms with Gasteiger partial charge in [-0.25, -0.2) is 4.98 Å². The average molecular weight is 362 g/mol. The Morgan fingerprint density at radius 1 is 1.15 bits per heavy atom. The van der Waals surface area contributed by atoms with Gasteiger partial charge in [-0.3, -0.25) is 4.79 Å². The van der Waals surface area contributed by atoms with Gasteiger partial charge in [0.1, 0.15) is 12.4 Å². The fourth-order valence-electron chi connectivity index (χ4n) is 3.00. The molecule has 0 unspecified atom stereocenters. The van der Waals surface area contributed by atoms with Crippen molar-refractivity contribution in [1.82, 2.24) is 4.98 Å². The third kappa shape index (κ3) is 3.13. The maximum atomic E-state index is 12.5. The number of para-hydroxylation sites is 1. The van der Waals surface area contributed by atoms with E-state index in [1.165, 1.54) is 0 Å². The first-order valence-corrected chi connectivity index (χ1v) is 9.23. The van der Waals surface area contributed by atoms with E-state index in [9.17, 15) is 4.79 Å². The number of ether oxygens (including phenoxy) is 1. The molecule has 1 aliphatic rings. The van der Waals surface area contributed by atoms with Crippen LogP contribution in [-0.4, -0.2) is 17.9 Å². The van der Waals surface area contributed by atoms with Crippen LogP contribution in [-0.2, 0) is 11.4 Å². The molecule has 0 spiro atoms. The number of anilines is 1. The van der Waals surface area contributed by atoms with Gasteiger partial charge in [-0.15, -0.1) is 11.3 Å². The number of carbonyl (C=O) groups excluding carboxylic acids is 1. The molecule has 1 aliphatic heterocycles. The van der Waals surface area contributed by atoms with Gasteiger partial charge in [-0.05, 0) is 36.8 Å². The third-order valence-corrected chi connectivity index (χ3v) is 5.16. The molecule has 130 valence electrons. The molecule has 26 heavy (non-hydrogen) atoms. The topological polar surface area (TPSA) is 42.4 Å². The van der Waals surface area contributed by atoms with Gasteiger partial charge in [0.25, 0.3) is 5.91 Å². The highest BCUT2D eigenvalue weighted by molar-refractivity contribution is 7.09. The molecule has 2 aromatic carbocycles. The summed E-state index contributed by atoms with van der Waals surface area (Å²) in [7, 11) is 1.80. The van der Waals surface area contributed by atoms with Gasteiger partial charge in [0, 0.05) is 23.6 Å². The quantitative estimate of drug-likeness (QED) is 0.640. The number of rotatable bonds is 4. The maximum Gasteiger partial charge on any atom is 0.258 e. The SMILES string of the molecule is Cc1nc(COc2ccc(/C=C3/C(=O)N(C)c4ccccc43)cc2)cs1. The molecule has 2 heterocycles. The molecule has 3 aromatic rings. The van der Waals surface area contributed by atoms with Crippen molar-refractivity contribution in [3.63, 3.8) is 0 Å². The standard InChI is InChI=1S/C21H18N2O2S/c1-14-22-16(13-26-14)12-25-17-9-7-15(8-10-17)11-19-18-5-3-4-6-20(18)23(2)21(19)24/h3-11,13H,12H2,1-2H3/b19-11+. The summed E-state index contributed by atoms with van der Waals surface area (Å²) < 4.78 is 5.77. The van der Waals surface area contributed by atoms with Crippen LogP contribution in [0.15, 0.2) is 53.9 Å². The molecule has 0 aliphatic carbocycles. The second-order valence-electron chi connectivity index (χ2n) is 6.15. The van der Waals surface area contributed by atoms with Crippen molar-refractivity contribution in [2.45, 2.75) is 13.5 Å². The van der Waals surface area contributed by atoms with E-state index in [2.05, 4.69) is 4.98 Å². The first-order valence-electron chi connectivity index (χ1n) is 8.35. The van der Waals surface area contributed by atoms with E-state index in [4.69, 9.17) is 4.74 Å². The van der Waals surface area contributed by atoms with E-state index in [0.717, 1.165) is 38.8 Å². The minimum Gasteiger partial charge on any atom is -0.487 e. The first kappa shape index (κ1) is 16.5. The van der Waals surface area contributed by atoms with Gasteiger partial charge in [0.2, 0.25) is 0 Å². The Morgan fingerprint density at radius 3 is 2.65 bits per heavy atom. The van der Waals surface area contributed by atoms with Crippen molar-refractivity contribution in [3.8, 4) is 5.75 Å². The first-order chi connectivity index (χ1) is 12.6. The lowest BCUT2D eigenvalue weighted by Crippen LogP contribution is -2.20. The number of likely N-dealkylation sites (N-methyl/N-ethyl adjacent to an activating group) is 1. The largest absolute Gasteiger partial charge is 0.487 e. The van der Waals surface area contributed by atoms with Gasteiger partial charge in [-0.1, -0.05) is 30.3 Å². The van der Waals surface area contributed by atoms with Crippen LogP contribution in [0.25, 0.3) is 11.6 Å². The molecule has 4 rings (SSSR count). The molecular formula is C21H18N2O2S. The zero-order valence-corrected chi connectivity index (χ0v) is 15.4. The number of aromatic nitrogens is 1. The number of carbonyl (C=O) groups is 1. The van der Waals surface area contributed by atoms with Crippen molar-refractivity contribution in [2.24, 2.45) is 0 Å². The van der Waals surface area contributed by atoms with Crippen molar-refractivity contribution < 1.29 is 9.53 Å². The van der Waals surface area contributed by atoms with Gasteiger partial charge in [0.15, 0.2) is 0 Å². The number of benzene rings is 2. The number of hydrogen-bond donors (Lipinski definition) is 0. The predicted octanol–water partition coefficient (Wildman–Crippen LogP) is 4.55. The highest BCUT2D eigenvalue weighted by Gasteiger charge is 2.28. The van der Waals surface area contributed by atoms with E-state index in [-0.39, 0.29) is 5.91 Å². The molecule has 0 saturated heterocycles. The highest BCUT2D eigenvalue weighted by Crippen LogP contribution is 2.36. The Hall–Kier alpha value is -2.92. The molecule has 0 atom stereocenters. The van der Waals surface area contributed by atoms with Crippen LogP contribution in [0.3, 0.4) is 0 Å². The second kappa shape index (κ2) is 6.77. The lowest BCUT2D eigenvalue weighted by Gasteiger charge is -2.08. The van der Waals surface area contributed by atoms with Crippen LogP contribution in [0.2, 0.25) is 0 Å². The Kier molecular flexibility index (Phi) is 4.31. The van der Waals surface area contributed by atoms with Crippen LogP contribution in [0.1, 0.15) is 21.8 Å². The summed E-state index contributed by atoms with van der Waals surface area (Å²) in [6.07, 6.45) is 1.93. The lowest BCUT2D eigenvalue weighted by molar-refractivity contribution is -0.112. The number of aryl methyl sites for hydroxylation is 1. The molecule has 0 N–H and O–H groups in total. The zero-order valence-electron chi connectivity index (χ0n) is 14.6. The Labute approximate surface area is 156 Å². The van der Waals surface area contributed by atoms with Crippen molar-refractivity contribution in [3.05, 3.63) is 75.7 Å².